The highest BCUT2D eigenvalue weighted by molar-refractivity contribution is 5.00. The highest BCUT2D eigenvalue weighted by Crippen LogP contribution is 2.31. The Morgan fingerprint density at radius 1 is 1.41 bits per heavy atom. The summed E-state index contributed by atoms with van der Waals surface area (Å²) >= 11 is 0. The number of likely N-dealkylation sites (tertiary alicyclic amines) is 1. The Labute approximate surface area is 133 Å². The van der Waals surface area contributed by atoms with Crippen molar-refractivity contribution in [2.24, 2.45) is 5.92 Å². The molecule has 2 fully saturated rings. The molecule has 0 amide bonds. The number of nitrogens with zero attached hydrogens (tertiary/aromatic N) is 2. The standard InChI is InChI=1S/C17H28N2O3/c1-18(12-15-6-4-8-21-15)16-13-19(7-10-20-2)11-14-5-3-9-22-17(14)16/h4,6,8,14,16-17H,3,5,7,9-13H2,1-2H3/t14-,16-,17-/m1/s1. The number of piperidine rings is 1. The van der Waals surface area contributed by atoms with Crippen LogP contribution in [0.3, 0.4) is 0 Å². The fourth-order valence-corrected chi connectivity index (χ4v) is 3.82. The van der Waals surface area contributed by atoms with Crippen molar-refractivity contribution in [2.75, 3.05) is 47.0 Å². The van der Waals surface area contributed by atoms with Gasteiger partial charge in [-0.1, -0.05) is 0 Å². The minimum absolute atomic E-state index is 0.354. The molecule has 2 aliphatic rings. The number of fused-ring (bicyclic) bond motifs is 1. The zero-order valence-corrected chi connectivity index (χ0v) is 13.7. The number of rotatable bonds is 6. The molecule has 3 heterocycles. The summed E-state index contributed by atoms with van der Waals surface area (Å²) in [5.41, 5.74) is 0. The minimum Gasteiger partial charge on any atom is -0.468 e. The zero-order chi connectivity index (χ0) is 15.4. The first kappa shape index (κ1) is 16.0. The Balaban J connectivity index is 1.67. The SMILES string of the molecule is COCCN1C[C@H]2CCCO[C@H]2[C@H](N(C)Cc2ccco2)C1. The topological polar surface area (TPSA) is 38.1 Å². The Hall–Kier alpha value is -0.880. The molecule has 1 aromatic rings. The van der Waals surface area contributed by atoms with Gasteiger partial charge in [-0.25, -0.2) is 0 Å². The van der Waals surface area contributed by atoms with Crippen LogP contribution in [0.5, 0.6) is 0 Å². The number of hydrogen-bond acceptors (Lipinski definition) is 5. The summed E-state index contributed by atoms with van der Waals surface area (Å²) in [6.07, 6.45) is 4.56. The van der Waals surface area contributed by atoms with Crippen LogP contribution < -0.4 is 0 Å². The molecule has 0 aromatic carbocycles. The van der Waals surface area contributed by atoms with Crippen molar-refractivity contribution in [3.05, 3.63) is 24.2 Å². The first-order valence-electron chi connectivity index (χ1n) is 8.33. The fourth-order valence-electron chi connectivity index (χ4n) is 3.82. The molecule has 5 nitrogen and oxygen atoms in total. The van der Waals surface area contributed by atoms with Crippen molar-refractivity contribution in [1.29, 1.82) is 0 Å². The average molecular weight is 308 g/mol. The largest absolute Gasteiger partial charge is 0.468 e. The summed E-state index contributed by atoms with van der Waals surface area (Å²) in [6, 6.07) is 4.41. The second kappa shape index (κ2) is 7.59. The van der Waals surface area contributed by atoms with Gasteiger partial charge >= 0.3 is 0 Å². The third-order valence-electron chi connectivity index (χ3n) is 4.97. The highest BCUT2D eigenvalue weighted by Gasteiger charge is 2.40. The quantitative estimate of drug-likeness (QED) is 0.802. The first-order valence-corrected chi connectivity index (χ1v) is 8.33. The lowest BCUT2D eigenvalue weighted by Gasteiger charge is -2.48. The van der Waals surface area contributed by atoms with Crippen molar-refractivity contribution in [3.63, 3.8) is 0 Å². The van der Waals surface area contributed by atoms with Crippen LogP contribution >= 0.6 is 0 Å². The Morgan fingerprint density at radius 3 is 3.09 bits per heavy atom. The van der Waals surface area contributed by atoms with E-state index in [0.29, 0.717) is 18.1 Å². The second-order valence-electron chi connectivity index (χ2n) is 6.55. The van der Waals surface area contributed by atoms with Crippen molar-refractivity contribution >= 4 is 0 Å². The van der Waals surface area contributed by atoms with Crippen LogP contribution in [-0.2, 0) is 16.0 Å². The molecule has 0 radical (unpaired) electrons. The highest BCUT2D eigenvalue weighted by atomic mass is 16.5. The normalized spacial score (nSPS) is 29.7. The summed E-state index contributed by atoms with van der Waals surface area (Å²) < 4.78 is 16.9. The van der Waals surface area contributed by atoms with Gasteiger partial charge in [-0.3, -0.25) is 9.80 Å². The van der Waals surface area contributed by atoms with Gasteiger partial charge in [0.15, 0.2) is 0 Å². The number of methoxy groups -OCH3 is 1. The molecule has 0 unspecified atom stereocenters. The molecule has 0 bridgehead atoms. The van der Waals surface area contributed by atoms with Crippen molar-refractivity contribution in [3.8, 4) is 0 Å². The van der Waals surface area contributed by atoms with E-state index in [9.17, 15) is 0 Å². The molecule has 0 spiro atoms. The molecule has 0 aliphatic carbocycles. The van der Waals surface area contributed by atoms with E-state index >= 15 is 0 Å². The number of furan rings is 1. The van der Waals surface area contributed by atoms with E-state index in [2.05, 4.69) is 16.8 Å². The number of likely N-dealkylation sites (N-methyl/N-ethyl adjacent to an activating group) is 1. The van der Waals surface area contributed by atoms with Gasteiger partial charge in [0, 0.05) is 39.4 Å². The Bertz CT molecular complexity index is 437. The van der Waals surface area contributed by atoms with Crippen molar-refractivity contribution in [1.82, 2.24) is 9.80 Å². The van der Waals surface area contributed by atoms with Crippen LogP contribution in [0.4, 0.5) is 0 Å². The first-order chi connectivity index (χ1) is 10.8. The van der Waals surface area contributed by atoms with Gasteiger partial charge in [0.25, 0.3) is 0 Å². The molecular weight excluding hydrogens is 280 g/mol. The molecule has 3 rings (SSSR count). The van der Waals surface area contributed by atoms with Gasteiger partial charge in [-0.15, -0.1) is 0 Å². The van der Waals surface area contributed by atoms with E-state index in [1.807, 2.05) is 12.1 Å². The lowest BCUT2D eigenvalue weighted by Crippen LogP contribution is -2.60. The molecule has 22 heavy (non-hydrogen) atoms. The summed E-state index contributed by atoms with van der Waals surface area (Å²) in [7, 11) is 3.96. The third kappa shape index (κ3) is 3.71. The maximum atomic E-state index is 6.16. The Morgan fingerprint density at radius 2 is 2.32 bits per heavy atom. The third-order valence-corrected chi connectivity index (χ3v) is 4.97. The van der Waals surface area contributed by atoms with Crippen LogP contribution in [0.25, 0.3) is 0 Å². The van der Waals surface area contributed by atoms with Crippen LogP contribution in [0.2, 0.25) is 0 Å². The smallest absolute Gasteiger partial charge is 0.117 e. The molecule has 2 aliphatic heterocycles. The average Bonchev–Trinajstić information content (AvgIpc) is 3.05. The molecule has 2 saturated heterocycles. The van der Waals surface area contributed by atoms with Gasteiger partial charge in [0.05, 0.1) is 25.5 Å². The van der Waals surface area contributed by atoms with Gasteiger partial charge in [-0.05, 0) is 37.9 Å². The van der Waals surface area contributed by atoms with E-state index in [-0.39, 0.29) is 0 Å². The molecule has 3 atom stereocenters. The summed E-state index contributed by atoms with van der Waals surface area (Å²) in [6.45, 7) is 5.73. The minimum atomic E-state index is 0.354. The molecular formula is C17H28N2O3. The number of ether oxygens (including phenoxy) is 2. The number of hydrogen-bond donors (Lipinski definition) is 0. The fraction of sp³-hybridized carbons (Fsp3) is 0.765. The van der Waals surface area contributed by atoms with Crippen molar-refractivity contribution in [2.45, 2.75) is 31.5 Å². The van der Waals surface area contributed by atoms with Crippen LogP contribution in [0.1, 0.15) is 18.6 Å². The van der Waals surface area contributed by atoms with E-state index < -0.39 is 0 Å². The van der Waals surface area contributed by atoms with Crippen LogP contribution in [-0.4, -0.2) is 69.0 Å². The van der Waals surface area contributed by atoms with Gasteiger partial charge in [0.2, 0.25) is 0 Å². The predicted molar refractivity (Wildman–Crippen MR) is 84.7 cm³/mol. The maximum absolute atomic E-state index is 6.16. The van der Waals surface area contributed by atoms with E-state index in [4.69, 9.17) is 13.9 Å². The van der Waals surface area contributed by atoms with E-state index in [1.165, 1.54) is 12.8 Å². The van der Waals surface area contributed by atoms with Gasteiger partial charge in [0.1, 0.15) is 5.76 Å². The summed E-state index contributed by atoms with van der Waals surface area (Å²) in [5.74, 6) is 1.66. The van der Waals surface area contributed by atoms with Gasteiger partial charge in [-0.2, -0.15) is 0 Å². The lowest BCUT2D eigenvalue weighted by atomic mass is 9.85. The van der Waals surface area contributed by atoms with Crippen molar-refractivity contribution < 1.29 is 13.9 Å². The monoisotopic (exact) mass is 308 g/mol. The molecule has 0 N–H and O–H groups in total. The molecule has 0 saturated carbocycles. The van der Waals surface area contributed by atoms with E-state index in [1.54, 1.807) is 13.4 Å². The van der Waals surface area contributed by atoms with Crippen LogP contribution in [0.15, 0.2) is 22.8 Å². The summed E-state index contributed by atoms with van der Waals surface area (Å²) in [4.78, 5) is 4.92. The zero-order valence-electron chi connectivity index (χ0n) is 13.7. The molecule has 1 aromatic heterocycles. The van der Waals surface area contributed by atoms with E-state index in [0.717, 1.165) is 45.2 Å². The summed E-state index contributed by atoms with van der Waals surface area (Å²) in [5, 5.41) is 0. The molecule has 5 heteroatoms. The lowest BCUT2D eigenvalue weighted by molar-refractivity contribution is -0.114. The van der Waals surface area contributed by atoms with Gasteiger partial charge < -0.3 is 13.9 Å². The predicted octanol–water partition coefficient (Wildman–Crippen LogP) is 1.84. The van der Waals surface area contributed by atoms with Crippen LogP contribution in [0, 0.1) is 5.92 Å². The maximum Gasteiger partial charge on any atom is 0.117 e. The molecule has 124 valence electrons. The Kier molecular flexibility index (Phi) is 5.52. The second-order valence-corrected chi connectivity index (χ2v) is 6.55.